The normalized spacial score (nSPS) is 26.9. The van der Waals surface area contributed by atoms with E-state index in [2.05, 4.69) is 43.9 Å². The van der Waals surface area contributed by atoms with Gasteiger partial charge >= 0.3 is 0 Å². The lowest BCUT2D eigenvalue weighted by atomic mass is 9.81. The highest BCUT2D eigenvalue weighted by atomic mass is 14.2. The Morgan fingerprint density at radius 1 is 1.29 bits per heavy atom. The molecule has 0 nitrogen and oxygen atoms in total. The van der Waals surface area contributed by atoms with Crippen LogP contribution in [0.15, 0.2) is 37.0 Å². The molecule has 2 atom stereocenters. The maximum Gasteiger partial charge on any atom is -0.0167 e. The van der Waals surface area contributed by atoms with E-state index in [4.69, 9.17) is 0 Å². The summed E-state index contributed by atoms with van der Waals surface area (Å²) in [7, 11) is 0. The summed E-state index contributed by atoms with van der Waals surface area (Å²) in [5.74, 6) is 1.50. The second-order valence-electron chi connectivity index (χ2n) is 4.10. The first-order chi connectivity index (χ1) is 6.88. The Balaban J connectivity index is 2.34. The molecule has 0 unspecified atom stereocenters. The molecule has 0 bridgehead atoms. The van der Waals surface area contributed by atoms with Gasteiger partial charge in [0, 0.05) is 0 Å². The Hall–Kier alpha value is -0.780. The molecular formula is C14H22. The van der Waals surface area contributed by atoms with Crippen LogP contribution in [-0.2, 0) is 0 Å². The maximum absolute atomic E-state index is 3.92. The molecule has 0 fully saturated rings. The molecule has 1 rings (SSSR count). The molecular weight excluding hydrogens is 168 g/mol. The van der Waals surface area contributed by atoms with Crippen LogP contribution in [0.5, 0.6) is 0 Å². The predicted octanol–water partition coefficient (Wildman–Crippen LogP) is 4.50. The molecule has 0 heterocycles. The molecule has 0 aromatic rings. The third-order valence-corrected chi connectivity index (χ3v) is 2.98. The SMILES string of the molecule is C=C[C@@H]1CC=CC[C@@H]1C/C=C/CCC. The quantitative estimate of drug-likeness (QED) is 0.560. The van der Waals surface area contributed by atoms with Crippen LogP contribution in [0.1, 0.15) is 39.0 Å². The van der Waals surface area contributed by atoms with Crippen molar-refractivity contribution in [1.29, 1.82) is 0 Å². The van der Waals surface area contributed by atoms with Crippen molar-refractivity contribution in [2.24, 2.45) is 11.8 Å². The lowest BCUT2D eigenvalue weighted by Crippen LogP contribution is -2.13. The van der Waals surface area contributed by atoms with Gasteiger partial charge in [0.25, 0.3) is 0 Å². The molecule has 0 aromatic carbocycles. The number of unbranched alkanes of at least 4 members (excludes halogenated alkanes) is 1. The zero-order chi connectivity index (χ0) is 10.2. The van der Waals surface area contributed by atoms with Crippen LogP contribution in [0, 0.1) is 11.8 Å². The largest absolute Gasteiger partial charge is 0.103 e. The van der Waals surface area contributed by atoms with Crippen molar-refractivity contribution in [2.75, 3.05) is 0 Å². The van der Waals surface area contributed by atoms with E-state index in [9.17, 15) is 0 Å². The molecule has 0 radical (unpaired) electrons. The highest BCUT2D eigenvalue weighted by Crippen LogP contribution is 2.29. The van der Waals surface area contributed by atoms with Gasteiger partial charge in [-0.05, 0) is 37.5 Å². The van der Waals surface area contributed by atoms with E-state index < -0.39 is 0 Å². The van der Waals surface area contributed by atoms with Crippen LogP contribution in [0.4, 0.5) is 0 Å². The smallest absolute Gasteiger partial charge is 0.0167 e. The second kappa shape index (κ2) is 6.64. The van der Waals surface area contributed by atoms with Crippen molar-refractivity contribution >= 4 is 0 Å². The molecule has 0 amide bonds. The Morgan fingerprint density at radius 2 is 2.07 bits per heavy atom. The van der Waals surface area contributed by atoms with Crippen LogP contribution >= 0.6 is 0 Å². The van der Waals surface area contributed by atoms with E-state index >= 15 is 0 Å². The Labute approximate surface area is 88.4 Å². The summed E-state index contributed by atoms with van der Waals surface area (Å²) in [6.45, 7) is 6.14. The summed E-state index contributed by atoms with van der Waals surface area (Å²) in [5, 5.41) is 0. The number of allylic oxidation sites excluding steroid dienone is 5. The highest BCUT2D eigenvalue weighted by Gasteiger charge is 2.17. The summed E-state index contributed by atoms with van der Waals surface area (Å²) in [5.41, 5.74) is 0. The minimum Gasteiger partial charge on any atom is -0.103 e. The summed E-state index contributed by atoms with van der Waals surface area (Å²) in [6.07, 6.45) is 17.5. The molecule has 0 N–H and O–H groups in total. The minimum absolute atomic E-state index is 0.700. The van der Waals surface area contributed by atoms with E-state index in [1.54, 1.807) is 0 Å². The fourth-order valence-corrected chi connectivity index (χ4v) is 2.01. The van der Waals surface area contributed by atoms with Gasteiger partial charge in [0.2, 0.25) is 0 Å². The topological polar surface area (TPSA) is 0 Å². The van der Waals surface area contributed by atoms with Crippen molar-refractivity contribution in [1.82, 2.24) is 0 Å². The fraction of sp³-hybridized carbons (Fsp3) is 0.571. The van der Waals surface area contributed by atoms with Crippen LogP contribution in [0.25, 0.3) is 0 Å². The van der Waals surface area contributed by atoms with Gasteiger partial charge in [0.15, 0.2) is 0 Å². The van der Waals surface area contributed by atoms with Gasteiger partial charge in [-0.3, -0.25) is 0 Å². The van der Waals surface area contributed by atoms with E-state index in [0.717, 1.165) is 5.92 Å². The predicted molar refractivity (Wildman–Crippen MR) is 64.2 cm³/mol. The first-order valence-corrected chi connectivity index (χ1v) is 5.81. The zero-order valence-electron chi connectivity index (χ0n) is 9.28. The van der Waals surface area contributed by atoms with Gasteiger partial charge in [-0.25, -0.2) is 0 Å². The van der Waals surface area contributed by atoms with E-state index in [-0.39, 0.29) is 0 Å². The third-order valence-electron chi connectivity index (χ3n) is 2.98. The van der Waals surface area contributed by atoms with E-state index in [1.807, 2.05) is 0 Å². The summed E-state index contributed by atoms with van der Waals surface area (Å²) >= 11 is 0. The van der Waals surface area contributed by atoms with Gasteiger partial charge in [0.1, 0.15) is 0 Å². The molecule has 0 aliphatic heterocycles. The van der Waals surface area contributed by atoms with Crippen LogP contribution < -0.4 is 0 Å². The fourth-order valence-electron chi connectivity index (χ4n) is 2.01. The van der Waals surface area contributed by atoms with E-state index in [0.29, 0.717) is 5.92 Å². The Kier molecular flexibility index (Phi) is 5.36. The molecule has 1 aliphatic carbocycles. The second-order valence-corrected chi connectivity index (χ2v) is 4.10. The highest BCUT2D eigenvalue weighted by molar-refractivity contribution is 5.02. The van der Waals surface area contributed by atoms with Crippen LogP contribution in [0.2, 0.25) is 0 Å². The number of hydrogen-bond acceptors (Lipinski definition) is 0. The van der Waals surface area contributed by atoms with Gasteiger partial charge in [-0.1, -0.05) is 43.7 Å². The first kappa shape index (κ1) is 11.3. The third kappa shape index (κ3) is 3.53. The molecule has 1 aliphatic rings. The molecule has 0 aromatic heterocycles. The van der Waals surface area contributed by atoms with Gasteiger partial charge < -0.3 is 0 Å². The van der Waals surface area contributed by atoms with Gasteiger partial charge in [-0.2, -0.15) is 0 Å². The summed E-state index contributed by atoms with van der Waals surface area (Å²) in [4.78, 5) is 0. The molecule has 0 spiro atoms. The molecule has 0 heteroatoms. The lowest BCUT2D eigenvalue weighted by molar-refractivity contribution is 0.389. The minimum atomic E-state index is 0.700. The number of hydrogen-bond donors (Lipinski definition) is 0. The van der Waals surface area contributed by atoms with Crippen LogP contribution in [0.3, 0.4) is 0 Å². The monoisotopic (exact) mass is 190 g/mol. The molecule has 0 saturated heterocycles. The summed E-state index contributed by atoms with van der Waals surface area (Å²) in [6, 6.07) is 0. The van der Waals surface area contributed by atoms with Gasteiger partial charge in [0.05, 0.1) is 0 Å². The average Bonchev–Trinajstić information content (AvgIpc) is 2.25. The van der Waals surface area contributed by atoms with Crippen molar-refractivity contribution in [3.63, 3.8) is 0 Å². The van der Waals surface area contributed by atoms with E-state index in [1.165, 1.54) is 32.1 Å². The molecule has 78 valence electrons. The van der Waals surface area contributed by atoms with Crippen molar-refractivity contribution in [2.45, 2.75) is 39.0 Å². The Bertz CT molecular complexity index is 210. The van der Waals surface area contributed by atoms with Crippen LogP contribution in [-0.4, -0.2) is 0 Å². The van der Waals surface area contributed by atoms with Gasteiger partial charge in [-0.15, -0.1) is 6.58 Å². The molecule has 0 saturated carbocycles. The Morgan fingerprint density at radius 3 is 2.79 bits per heavy atom. The lowest BCUT2D eigenvalue weighted by Gasteiger charge is -2.24. The van der Waals surface area contributed by atoms with Crippen molar-refractivity contribution < 1.29 is 0 Å². The molecule has 14 heavy (non-hydrogen) atoms. The first-order valence-electron chi connectivity index (χ1n) is 5.81. The van der Waals surface area contributed by atoms with Crippen molar-refractivity contribution in [3.8, 4) is 0 Å². The van der Waals surface area contributed by atoms with Crippen molar-refractivity contribution in [3.05, 3.63) is 37.0 Å². The maximum atomic E-state index is 3.92. The zero-order valence-corrected chi connectivity index (χ0v) is 9.28. The average molecular weight is 190 g/mol. The standard InChI is InChI=1S/C14H22/c1-3-5-6-7-11-14-12-9-8-10-13(14)4-2/h4,6-9,13-14H,2-3,5,10-12H2,1H3/b7-6+/t13-,14+/m1/s1. The summed E-state index contributed by atoms with van der Waals surface area (Å²) < 4.78 is 0. The number of rotatable bonds is 5.